The largest absolute Gasteiger partial charge is 0.381 e. The zero-order chi connectivity index (χ0) is 21.5. The van der Waals surface area contributed by atoms with Crippen molar-refractivity contribution in [3.05, 3.63) is 52.2 Å². The molecular formula is C23H31N5O2. The molecule has 5 rings (SSSR count). The van der Waals surface area contributed by atoms with Crippen LogP contribution in [0, 0.1) is 30.1 Å². The number of aromatic nitrogens is 3. The van der Waals surface area contributed by atoms with E-state index < -0.39 is 0 Å². The van der Waals surface area contributed by atoms with E-state index in [4.69, 9.17) is 0 Å². The molecule has 3 aliphatic carbocycles. The molecule has 3 saturated carbocycles. The molecule has 0 aliphatic heterocycles. The van der Waals surface area contributed by atoms with Crippen LogP contribution in [0.3, 0.4) is 0 Å². The first-order chi connectivity index (χ1) is 14.3. The van der Waals surface area contributed by atoms with E-state index in [0.29, 0.717) is 23.9 Å². The Kier molecular flexibility index (Phi) is 5.38. The van der Waals surface area contributed by atoms with Gasteiger partial charge >= 0.3 is 0 Å². The molecule has 0 radical (unpaired) electrons. The van der Waals surface area contributed by atoms with Crippen LogP contribution in [-0.4, -0.2) is 26.7 Å². The van der Waals surface area contributed by atoms with Crippen LogP contribution in [0.4, 0.5) is 5.69 Å². The van der Waals surface area contributed by atoms with Gasteiger partial charge < -0.3 is 10.6 Å². The molecule has 2 aromatic rings. The van der Waals surface area contributed by atoms with Crippen molar-refractivity contribution in [2.45, 2.75) is 59.7 Å². The smallest absolute Gasteiger partial charge is 0.269 e. The van der Waals surface area contributed by atoms with Crippen LogP contribution < -0.4 is 16.2 Å². The molecule has 160 valence electrons. The maximum atomic E-state index is 12.5. The Morgan fingerprint density at radius 3 is 2.77 bits per heavy atom. The zero-order valence-electron chi connectivity index (χ0n) is 18.2. The Bertz CT molecular complexity index is 999. The van der Waals surface area contributed by atoms with E-state index >= 15 is 0 Å². The normalized spacial score (nSPS) is 26.5. The van der Waals surface area contributed by atoms with E-state index in [1.807, 2.05) is 13.0 Å². The minimum atomic E-state index is -0.274. The van der Waals surface area contributed by atoms with Gasteiger partial charge in [-0.2, -0.15) is 5.10 Å². The van der Waals surface area contributed by atoms with Gasteiger partial charge in [0.05, 0.1) is 11.9 Å². The average Bonchev–Trinajstić information content (AvgIpc) is 2.70. The van der Waals surface area contributed by atoms with Crippen molar-refractivity contribution in [3.63, 3.8) is 0 Å². The lowest BCUT2D eigenvalue weighted by atomic mass is 9.45. The number of rotatable bonds is 6. The highest BCUT2D eigenvalue weighted by Crippen LogP contribution is 2.61. The predicted octanol–water partition coefficient (Wildman–Crippen LogP) is 2.75. The summed E-state index contributed by atoms with van der Waals surface area (Å²) in [6, 6.07) is 3.79. The lowest BCUT2D eigenvalue weighted by molar-refractivity contribution is -0.122. The summed E-state index contributed by atoms with van der Waals surface area (Å²) in [7, 11) is 0. The molecule has 2 N–H and O–H groups in total. The van der Waals surface area contributed by atoms with Crippen LogP contribution in [-0.2, 0) is 17.9 Å². The van der Waals surface area contributed by atoms with Gasteiger partial charge in [0.1, 0.15) is 6.54 Å². The summed E-state index contributed by atoms with van der Waals surface area (Å²) < 4.78 is 1.20. The summed E-state index contributed by atoms with van der Waals surface area (Å²) in [5.74, 6) is 1.80. The molecule has 0 unspecified atom stereocenters. The summed E-state index contributed by atoms with van der Waals surface area (Å²) in [4.78, 5) is 28.8. The standard InChI is InChI=1S/C23H31N5O2/c1-14-10-24-6-5-16(14)11-25-21(29)13-28-22(30)9-18(12-26-28)27-20-8-17-7-19(15(20)2)23(17,3)4/h5-6,9-10,12,15,17,19-20,27H,7-8,11,13H2,1-4H3,(H,25,29)/t15-,17+,19-,20-/m1/s1. The molecule has 0 saturated heterocycles. The van der Waals surface area contributed by atoms with Crippen molar-refractivity contribution in [1.29, 1.82) is 0 Å². The summed E-state index contributed by atoms with van der Waals surface area (Å²) >= 11 is 0. The van der Waals surface area contributed by atoms with Gasteiger partial charge in [0, 0.05) is 31.0 Å². The van der Waals surface area contributed by atoms with Gasteiger partial charge in [0.2, 0.25) is 5.91 Å². The Hall–Kier alpha value is -2.70. The SMILES string of the molecule is Cc1cnccc1CNC(=O)Cn1ncc(N[C@@H]2C[C@@H]3C[C@H]([C@H]2C)C3(C)C)cc1=O. The quantitative estimate of drug-likeness (QED) is 0.766. The average molecular weight is 410 g/mol. The molecule has 2 bridgehead atoms. The van der Waals surface area contributed by atoms with Gasteiger partial charge in [-0.3, -0.25) is 14.6 Å². The molecule has 4 atom stereocenters. The van der Waals surface area contributed by atoms with Crippen LogP contribution >= 0.6 is 0 Å². The Morgan fingerprint density at radius 2 is 2.10 bits per heavy atom. The number of hydrogen-bond acceptors (Lipinski definition) is 5. The van der Waals surface area contributed by atoms with Gasteiger partial charge in [-0.15, -0.1) is 0 Å². The van der Waals surface area contributed by atoms with Crippen molar-refractivity contribution in [2.75, 3.05) is 5.32 Å². The third-order valence-electron chi connectivity index (χ3n) is 7.48. The molecule has 0 aromatic carbocycles. The van der Waals surface area contributed by atoms with Crippen molar-refractivity contribution in [2.24, 2.45) is 23.2 Å². The van der Waals surface area contributed by atoms with E-state index in [0.717, 1.165) is 35.1 Å². The third kappa shape index (κ3) is 3.85. The van der Waals surface area contributed by atoms with E-state index in [1.54, 1.807) is 24.7 Å². The molecule has 2 aromatic heterocycles. The first-order valence-corrected chi connectivity index (χ1v) is 10.8. The topological polar surface area (TPSA) is 88.9 Å². The minimum absolute atomic E-state index is 0.0958. The molecule has 2 heterocycles. The molecule has 1 amide bonds. The van der Waals surface area contributed by atoms with E-state index in [1.165, 1.54) is 11.1 Å². The maximum Gasteiger partial charge on any atom is 0.269 e. The Balaban J connectivity index is 1.34. The number of amides is 1. The number of pyridine rings is 1. The molecule has 30 heavy (non-hydrogen) atoms. The van der Waals surface area contributed by atoms with E-state index in [9.17, 15) is 9.59 Å². The lowest BCUT2D eigenvalue weighted by Crippen LogP contribution is -2.58. The van der Waals surface area contributed by atoms with Crippen LogP contribution in [0.1, 0.15) is 44.7 Å². The molecule has 7 nitrogen and oxygen atoms in total. The fourth-order valence-corrected chi connectivity index (χ4v) is 5.27. The summed E-state index contributed by atoms with van der Waals surface area (Å²) in [5, 5.41) is 10.6. The Morgan fingerprint density at radius 1 is 1.30 bits per heavy atom. The van der Waals surface area contributed by atoms with Crippen molar-refractivity contribution < 1.29 is 4.79 Å². The summed E-state index contributed by atoms with van der Waals surface area (Å²) in [6.07, 6.45) is 7.56. The fourth-order valence-electron chi connectivity index (χ4n) is 5.27. The highest BCUT2D eigenvalue weighted by atomic mass is 16.2. The Labute approximate surface area is 177 Å². The number of fused-ring (bicyclic) bond motifs is 2. The highest BCUT2D eigenvalue weighted by Gasteiger charge is 2.56. The highest BCUT2D eigenvalue weighted by molar-refractivity contribution is 5.75. The van der Waals surface area contributed by atoms with Gasteiger partial charge in [0.15, 0.2) is 0 Å². The minimum Gasteiger partial charge on any atom is -0.381 e. The van der Waals surface area contributed by atoms with Crippen LogP contribution in [0.15, 0.2) is 35.5 Å². The first kappa shape index (κ1) is 20.6. The molecule has 3 aliphatic rings. The van der Waals surface area contributed by atoms with Gasteiger partial charge in [0.25, 0.3) is 5.56 Å². The lowest BCUT2D eigenvalue weighted by Gasteiger charge is -2.62. The third-order valence-corrected chi connectivity index (χ3v) is 7.48. The monoisotopic (exact) mass is 409 g/mol. The predicted molar refractivity (Wildman–Crippen MR) is 116 cm³/mol. The van der Waals surface area contributed by atoms with Crippen LogP contribution in [0.25, 0.3) is 0 Å². The summed E-state index contributed by atoms with van der Waals surface area (Å²) in [5.41, 5.74) is 2.91. The van der Waals surface area contributed by atoms with Gasteiger partial charge in [-0.05, 0) is 60.1 Å². The molecule has 0 spiro atoms. The number of nitrogens with one attached hydrogen (secondary N) is 2. The van der Waals surface area contributed by atoms with Gasteiger partial charge in [-0.1, -0.05) is 20.8 Å². The number of anilines is 1. The first-order valence-electron chi connectivity index (χ1n) is 10.8. The fraction of sp³-hybridized carbons (Fsp3) is 0.565. The van der Waals surface area contributed by atoms with Crippen molar-refractivity contribution in [3.8, 4) is 0 Å². The van der Waals surface area contributed by atoms with E-state index in [-0.39, 0.29) is 18.0 Å². The molecule has 7 heteroatoms. The van der Waals surface area contributed by atoms with Crippen molar-refractivity contribution >= 4 is 11.6 Å². The second-order valence-corrected chi connectivity index (χ2v) is 9.53. The van der Waals surface area contributed by atoms with Gasteiger partial charge in [-0.25, -0.2) is 4.68 Å². The number of nitrogens with zero attached hydrogens (tertiary/aromatic N) is 3. The number of carbonyl (C=O) groups excluding carboxylic acids is 1. The second-order valence-electron chi connectivity index (χ2n) is 9.53. The zero-order valence-corrected chi connectivity index (χ0v) is 18.2. The number of hydrogen-bond donors (Lipinski definition) is 2. The van der Waals surface area contributed by atoms with E-state index in [2.05, 4.69) is 41.5 Å². The maximum absolute atomic E-state index is 12.5. The second kappa shape index (κ2) is 7.85. The molecule has 3 fully saturated rings. The van der Waals surface area contributed by atoms with Crippen molar-refractivity contribution in [1.82, 2.24) is 20.1 Å². The molecular weight excluding hydrogens is 378 g/mol. The van der Waals surface area contributed by atoms with Crippen LogP contribution in [0.5, 0.6) is 0 Å². The summed E-state index contributed by atoms with van der Waals surface area (Å²) in [6.45, 7) is 9.32. The number of aryl methyl sites for hydroxylation is 1. The van der Waals surface area contributed by atoms with Crippen LogP contribution in [0.2, 0.25) is 0 Å². The number of carbonyl (C=O) groups is 1.